The van der Waals surface area contributed by atoms with Crippen LogP contribution < -0.4 is 5.32 Å². The molecule has 37 heavy (non-hydrogen) atoms. The standard InChI is InChI=1S/C30H59NO6/c1-26(2)18-19-28(27(3)4)16-15-22-36-29(32)17-13-11-9-7-6-8-10-12-14-21-37-30(33)31-20-23-35-25-24-34-5/h26-28H,6-25H2,1-5H3,(H,31,33). The highest BCUT2D eigenvalue weighted by molar-refractivity contribution is 5.69. The number of ether oxygens (including phenoxy) is 4. The largest absolute Gasteiger partial charge is 0.466 e. The van der Waals surface area contributed by atoms with Crippen molar-refractivity contribution in [3.8, 4) is 0 Å². The second kappa shape index (κ2) is 26.3. The van der Waals surface area contributed by atoms with Crippen molar-refractivity contribution in [1.29, 1.82) is 0 Å². The van der Waals surface area contributed by atoms with Crippen molar-refractivity contribution >= 4 is 12.1 Å². The van der Waals surface area contributed by atoms with Gasteiger partial charge in [-0.1, -0.05) is 79.1 Å². The van der Waals surface area contributed by atoms with Gasteiger partial charge in [-0.2, -0.15) is 0 Å². The van der Waals surface area contributed by atoms with E-state index in [2.05, 4.69) is 33.0 Å². The molecule has 1 amide bonds. The number of esters is 1. The molecule has 0 heterocycles. The van der Waals surface area contributed by atoms with Crippen molar-refractivity contribution in [1.82, 2.24) is 5.32 Å². The summed E-state index contributed by atoms with van der Waals surface area (Å²) >= 11 is 0. The Kier molecular flexibility index (Phi) is 25.3. The van der Waals surface area contributed by atoms with E-state index in [1.165, 1.54) is 44.9 Å². The van der Waals surface area contributed by atoms with E-state index in [9.17, 15) is 9.59 Å². The van der Waals surface area contributed by atoms with E-state index in [1.54, 1.807) is 7.11 Å². The quantitative estimate of drug-likeness (QED) is 0.0934. The fraction of sp³-hybridized carbons (Fsp3) is 0.933. The Labute approximate surface area is 228 Å². The lowest BCUT2D eigenvalue weighted by Crippen LogP contribution is -2.28. The number of carbonyl (C=O) groups excluding carboxylic acids is 2. The third-order valence-electron chi connectivity index (χ3n) is 6.75. The minimum atomic E-state index is -0.379. The van der Waals surface area contributed by atoms with E-state index in [0.717, 1.165) is 50.4 Å². The maximum atomic E-state index is 12.0. The average molecular weight is 530 g/mol. The number of hydrogen-bond acceptors (Lipinski definition) is 6. The van der Waals surface area contributed by atoms with Gasteiger partial charge in [0.1, 0.15) is 0 Å². The molecule has 0 aromatic heterocycles. The summed E-state index contributed by atoms with van der Waals surface area (Å²) in [6.45, 7) is 12.2. The topological polar surface area (TPSA) is 83.1 Å². The van der Waals surface area contributed by atoms with Gasteiger partial charge in [-0.25, -0.2) is 4.79 Å². The number of alkyl carbamates (subject to hydrolysis) is 1. The first-order chi connectivity index (χ1) is 17.9. The minimum absolute atomic E-state index is 0.0328. The number of rotatable bonds is 26. The molecule has 0 radical (unpaired) electrons. The van der Waals surface area contributed by atoms with Crippen LogP contribution in [-0.2, 0) is 23.7 Å². The predicted molar refractivity (Wildman–Crippen MR) is 151 cm³/mol. The predicted octanol–water partition coefficient (Wildman–Crippen LogP) is 7.31. The van der Waals surface area contributed by atoms with Gasteiger partial charge in [-0.15, -0.1) is 0 Å². The van der Waals surface area contributed by atoms with Crippen LogP contribution >= 0.6 is 0 Å². The van der Waals surface area contributed by atoms with E-state index in [0.29, 0.717) is 51.9 Å². The van der Waals surface area contributed by atoms with Gasteiger partial charge in [-0.05, 0) is 49.9 Å². The number of methoxy groups -OCH3 is 1. The van der Waals surface area contributed by atoms with Crippen molar-refractivity contribution in [2.45, 2.75) is 118 Å². The normalized spacial score (nSPS) is 12.2. The van der Waals surface area contributed by atoms with Crippen LogP contribution in [-0.4, -0.2) is 58.8 Å². The fourth-order valence-corrected chi connectivity index (χ4v) is 4.26. The van der Waals surface area contributed by atoms with Gasteiger partial charge in [0.2, 0.25) is 0 Å². The van der Waals surface area contributed by atoms with Crippen molar-refractivity contribution in [2.24, 2.45) is 17.8 Å². The summed E-state index contributed by atoms with van der Waals surface area (Å²) in [5.41, 5.74) is 0. The molecule has 0 aliphatic heterocycles. The molecule has 1 unspecified atom stereocenters. The monoisotopic (exact) mass is 529 g/mol. The lowest BCUT2D eigenvalue weighted by Gasteiger charge is -2.21. The summed E-state index contributed by atoms with van der Waals surface area (Å²) in [6.07, 6.45) is 14.9. The van der Waals surface area contributed by atoms with E-state index < -0.39 is 0 Å². The summed E-state index contributed by atoms with van der Waals surface area (Å²) in [5, 5.41) is 2.67. The van der Waals surface area contributed by atoms with Gasteiger partial charge in [0.15, 0.2) is 0 Å². The molecule has 0 aromatic carbocycles. The van der Waals surface area contributed by atoms with Crippen LogP contribution in [0.3, 0.4) is 0 Å². The molecule has 0 rings (SSSR count). The van der Waals surface area contributed by atoms with Gasteiger partial charge in [0, 0.05) is 20.1 Å². The lowest BCUT2D eigenvalue weighted by molar-refractivity contribution is -0.144. The zero-order valence-electron chi connectivity index (χ0n) is 24.8. The molecule has 1 N–H and O–H groups in total. The first kappa shape index (κ1) is 35.7. The average Bonchev–Trinajstić information content (AvgIpc) is 2.85. The SMILES string of the molecule is COCCOCCNC(=O)OCCCCCCCCCCCC(=O)OCCCC(CCC(C)C)C(C)C. The Morgan fingerprint density at radius 2 is 1.27 bits per heavy atom. The molecule has 7 heteroatoms. The maximum Gasteiger partial charge on any atom is 0.407 e. The van der Waals surface area contributed by atoms with E-state index in [1.807, 2.05) is 0 Å². The van der Waals surface area contributed by atoms with Crippen LogP contribution in [0.2, 0.25) is 0 Å². The van der Waals surface area contributed by atoms with Crippen molar-refractivity contribution < 1.29 is 28.5 Å². The third kappa shape index (κ3) is 26.1. The third-order valence-corrected chi connectivity index (χ3v) is 6.75. The molecule has 0 saturated carbocycles. The van der Waals surface area contributed by atoms with Crippen molar-refractivity contribution in [3.05, 3.63) is 0 Å². The van der Waals surface area contributed by atoms with Crippen LogP contribution in [0.5, 0.6) is 0 Å². The Morgan fingerprint density at radius 1 is 0.649 bits per heavy atom. The number of carbonyl (C=O) groups is 2. The Hall–Kier alpha value is -1.34. The smallest absolute Gasteiger partial charge is 0.407 e. The first-order valence-electron chi connectivity index (χ1n) is 15.0. The Morgan fingerprint density at radius 3 is 1.89 bits per heavy atom. The Bertz CT molecular complexity index is 526. The van der Waals surface area contributed by atoms with Gasteiger partial charge in [0.25, 0.3) is 0 Å². The highest BCUT2D eigenvalue weighted by atomic mass is 16.6. The van der Waals surface area contributed by atoms with Crippen molar-refractivity contribution in [2.75, 3.05) is 46.7 Å². The van der Waals surface area contributed by atoms with Gasteiger partial charge >= 0.3 is 12.1 Å². The van der Waals surface area contributed by atoms with E-state index in [4.69, 9.17) is 18.9 Å². The maximum absolute atomic E-state index is 12.0. The van der Waals surface area contributed by atoms with Crippen LogP contribution in [0.1, 0.15) is 118 Å². The molecule has 220 valence electrons. The number of amides is 1. The van der Waals surface area contributed by atoms with E-state index >= 15 is 0 Å². The molecule has 1 atom stereocenters. The van der Waals surface area contributed by atoms with Gasteiger partial charge in [0.05, 0.1) is 33.0 Å². The lowest BCUT2D eigenvalue weighted by atomic mass is 9.85. The number of unbranched alkanes of at least 4 members (excludes halogenated alkanes) is 8. The number of nitrogens with one attached hydrogen (secondary N) is 1. The molecule has 0 spiro atoms. The zero-order chi connectivity index (χ0) is 27.6. The van der Waals surface area contributed by atoms with Gasteiger partial charge < -0.3 is 24.3 Å². The molecule has 0 aliphatic carbocycles. The van der Waals surface area contributed by atoms with E-state index in [-0.39, 0.29) is 12.1 Å². The molecule has 0 saturated heterocycles. The molecular formula is C30H59NO6. The van der Waals surface area contributed by atoms with Gasteiger partial charge in [-0.3, -0.25) is 4.79 Å². The highest BCUT2D eigenvalue weighted by Gasteiger charge is 2.14. The van der Waals surface area contributed by atoms with Crippen LogP contribution in [0.4, 0.5) is 4.79 Å². The molecule has 0 bridgehead atoms. The molecule has 0 aliphatic rings. The Balaban J connectivity index is 3.42. The molecule has 0 aromatic rings. The number of hydrogen-bond donors (Lipinski definition) is 1. The second-order valence-corrected chi connectivity index (χ2v) is 10.9. The summed E-state index contributed by atoms with van der Waals surface area (Å²) in [6, 6.07) is 0. The van der Waals surface area contributed by atoms with Crippen LogP contribution in [0.15, 0.2) is 0 Å². The molecule has 7 nitrogen and oxygen atoms in total. The summed E-state index contributed by atoms with van der Waals surface area (Å²) in [7, 11) is 1.63. The molecular weight excluding hydrogens is 470 g/mol. The summed E-state index contributed by atoms with van der Waals surface area (Å²) in [4.78, 5) is 23.5. The summed E-state index contributed by atoms with van der Waals surface area (Å²) < 4.78 is 20.8. The summed E-state index contributed by atoms with van der Waals surface area (Å²) in [5.74, 6) is 2.16. The minimum Gasteiger partial charge on any atom is -0.466 e. The van der Waals surface area contributed by atoms with Crippen LogP contribution in [0, 0.1) is 17.8 Å². The highest BCUT2D eigenvalue weighted by Crippen LogP contribution is 2.24. The van der Waals surface area contributed by atoms with Crippen molar-refractivity contribution in [3.63, 3.8) is 0 Å². The second-order valence-electron chi connectivity index (χ2n) is 10.9. The van der Waals surface area contributed by atoms with Crippen LogP contribution in [0.25, 0.3) is 0 Å². The fourth-order valence-electron chi connectivity index (χ4n) is 4.26. The zero-order valence-corrected chi connectivity index (χ0v) is 24.8. The molecule has 0 fully saturated rings. The first-order valence-corrected chi connectivity index (χ1v) is 15.0.